The number of nitrogens with zero attached hydrogens (tertiary/aromatic N) is 2. The Morgan fingerprint density at radius 2 is 2.05 bits per heavy atom. The van der Waals surface area contributed by atoms with Gasteiger partial charge in [-0.2, -0.15) is 5.10 Å². The molecule has 1 N–H and O–H groups in total. The van der Waals surface area contributed by atoms with Crippen molar-refractivity contribution >= 4 is 5.91 Å². The summed E-state index contributed by atoms with van der Waals surface area (Å²) in [4.78, 5) is 12.0. The number of carbonyl (C=O) groups excluding carboxylic acids is 1. The van der Waals surface area contributed by atoms with Gasteiger partial charge >= 0.3 is 0 Å². The van der Waals surface area contributed by atoms with Gasteiger partial charge in [-0.3, -0.25) is 4.79 Å². The first-order valence-corrected chi connectivity index (χ1v) is 6.69. The van der Waals surface area contributed by atoms with Crippen molar-refractivity contribution in [2.75, 3.05) is 7.11 Å². The summed E-state index contributed by atoms with van der Waals surface area (Å²) in [6.07, 6.45) is 2.15. The number of aromatic nitrogens is 2. The minimum atomic E-state index is -0.0946. The lowest BCUT2D eigenvalue weighted by molar-refractivity contribution is 0.0945. The molecule has 1 aromatic carbocycles. The van der Waals surface area contributed by atoms with Gasteiger partial charge in [-0.1, -0.05) is 0 Å². The van der Waals surface area contributed by atoms with E-state index in [0.717, 1.165) is 30.0 Å². The molecule has 0 atom stereocenters. The molecule has 104 valence electrons. The molecule has 3 rings (SSSR count). The molecule has 0 aliphatic heterocycles. The zero-order chi connectivity index (χ0) is 14.1. The Bertz CT molecular complexity index is 627. The molecule has 20 heavy (non-hydrogen) atoms. The molecule has 0 bridgehead atoms. The maximum absolute atomic E-state index is 12.0. The third-order valence-electron chi connectivity index (χ3n) is 3.35. The number of amides is 1. The Balaban J connectivity index is 1.85. The number of ether oxygens (including phenoxy) is 1. The fourth-order valence-corrected chi connectivity index (χ4v) is 2.06. The standard InChI is InChI=1S/C15H17N3O2/c1-10-9-14(15(19)16-11-3-4-11)17-18(10)12-5-7-13(20-2)8-6-12/h5-9,11H,3-4H2,1-2H3,(H,16,19). The number of carbonyl (C=O) groups is 1. The van der Waals surface area contributed by atoms with E-state index in [-0.39, 0.29) is 5.91 Å². The van der Waals surface area contributed by atoms with Crippen LogP contribution in [0.2, 0.25) is 0 Å². The summed E-state index contributed by atoms with van der Waals surface area (Å²) in [5, 5.41) is 7.33. The van der Waals surface area contributed by atoms with Gasteiger partial charge in [0.25, 0.3) is 5.91 Å². The number of aryl methyl sites for hydroxylation is 1. The molecule has 1 heterocycles. The van der Waals surface area contributed by atoms with E-state index in [1.165, 1.54) is 0 Å². The molecule has 1 aliphatic rings. The highest BCUT2D eigenvalue weighted by Crippen LogP contribution is 2.20. The van der Waals surface area contributed by atoms with Crippen LogP contribution in [0.25, 0.3) is 5.69 Å². The van der Waals surface area contributed by atoms with E-state index in [1.54, 1.807) is 11.8 Å². The maximum atomic E-state index is 12.0. The summed E-state index contributed by atoms with van der Waals surface area (Å²) >= 11 is 0. The van der Waals surface area contributed by atoms with E-state index >= 15 is 0 Å². The molecular formula is C15H17N3O2. The van der Waals surface area contributed by atoms with Gasteiger partial charge < -0.3 is 10.1 Å². The largest absolute Gasteiger partial charge is 0.497 e. The van der Waals surface area contributed by atoms with E-state index in [4.69, 9.17) is 4.74 Å². The Morgan fingerprint density at radius 3 is 2.65 bits per heavy atom. The fourth-order valence-electron chi connectivity index (χ4n) is 2.06. The number of benzene rings is 1. The van der Waals surface area contributed by atoms with Gasteiger partial charge in [-0.25, -0.2) is 4.68 Å². The molecule has 1 saturated carbocycles. The Labute approximate surface area is 117 Å². The van der Waals surface area contributed by atoms with Crippen LogP contribution in [-0.4, -0.2) is 28.8 Å². The van der Waals surface area contributed by atoms with Crippen LogP contribution in [0, 0.1) is 6.92 Å². The summed E-state index contributed by atoms with van der Waals surface area (Å²) in [7, 11) is 1.63. The molecule has 5 nitrogen and oxygen atoms in total. The highest BCUT2D eigenvalue weighted by molar-refractivity contribution is 5.92. The second-order valence-electron chi connectivity index (χ2n) is 5.03. The van der Waals surface area contributed by atoms with Gasteiger partial charge in [0, 0.05) is 11.7 Å². The number of nitrogens with one attached hydrogen (secondary N) is 1. The maximum Gasteiger partial charge on any atom is 0.272 e. The van der Waals surface area contributed by atoms with Crippen LogP contribution in [-0.2, 0) is 0 Å². The second-order valence-corrected chi connectivity index (χ2v) is 5.03. The van der Waals surface area contributed by atoms with Gasteiger partial charge in [0.2, 0.25) is 0 Å². The predicted octanol–water partition coefficient (Wildman–Crippen LogP) is 2.08. The van der Waals surface area contributed by atoms with Crippen LogP contribution in [0.5, 0.6) is 5.75 Å². The molecule has 1 aromatic heterocycles. The normalized spacial score (nSPS) is 14.1. The van der Waals surface area contributed by atoms with Crippen molar-refractivity contribution in [2.24, 2.45) is 0 Å². The zero-order valence-corrected chi connectivity index (χ0v) is 11.6. The van der Waals surface area contributed by atoms with Crippen LogP contribution >= 0.6 is 0 Å². The average molecular weight is 271 g/mol. The van der Waals surface area contributed by atoms with Crippen molar-refractivity contribution in [1.29, 1.82) is 0 Å². The van der Waals surface area contributed by atoms with E-state index < -0.39 is 0 Å². The van der Waals surface area contributed by atoms with Crippen LogP contribution in [0.3, 0.4) is 0 Å². The summed E-state index contributed by atoms with van der Waals surface area (Å²) in [5.74, 6) is 0.702. The second kappa shape index (κ2) is 5.00. The van der Waals surface area contributed by atoms with E-state index in [2.05, 4.69) is 10.4 Å². The molecule has 0 saturated heterocycles. The predicted molar refractivity (Wildman–Crippen MR) is 75.3 cm³/mol. The first kappa shape index (κ1) is 12.7. The molecule has 1 fully saturated rings. The van der Waals surface area contributed by atoms with Crippen LogP contribution in [0.1, 0.15) is 29.0 Å². The van der Waals surface area contributed by atoms with E-state index in [0.29, 0.717) is 11.7 Å². The molecule has 1 aliphatic carbocycles. The summed E-state index contributed by atoms with van der Waals surface area (Å²) in [6, 6.07) is 9.74. The summed E-state index contributed by atoms with van der Waals surface area (Å²) in [5.41, 5.74) is 2.30. The van der Waals surface area contributed by atoms with Gasteiger partial charge in [0.1, 0.15) is 5.75 Å². The van der Waals surface area contributed by atoms with E-state index in [1.807, 2.05) is 37.3 Å². The van der Waals surface area contributed by atoms with Crippen molar-refractivity contribution in [3.8, 4) is 11.4 Å². The Hall–Kier alpha value is -2.30. The third kappa shape index (κ3) is 2.52. The minimum absolute atomic E-state index is 0.0946. The van der Waals surface area contributed by atoms with E-state index in [9.17, 15) is 4.79 Å². The van der Waals surface area contributed by atoms with Crippen LogP contribution in [0.15, 0.2) is 30.3 Å². The monoisotopic (exact) mass is 271 g/mol. The van der Waals surface area contributed by atoms with Crippen molar-refractivity contribution in [3.05, 3.63) is 41.7 Å². The van der Waals surface area contributed by atoms with Crippen molar-refractivity contribution < 1.29 is 9.53 Å². The number of hydrogen-bond donors (Lipinski definition) is 1. The third-order valence-corrected chi connectivity index (χ3v) is 3.35. The van der Waals surface area contributed by atoms with Crippen LogP contribution < -0.4 is 10.1 Å². The molecule has 2 aromatic rings. The van der Waals surface area contributed by atoms with Gasteiger partial charge in [-0.05, 0) is 50.1 Å². The molecule has 5 heteroatoms. The number of hydrogen-bond acceptors (Lipinski definition) is 3. The van der Waals surface area contributed by atoms with Crippen molar-refractivity contribution in [2.45, 2.75) is 25.8 Å². The molecular weight excluding hydrogens is 254 g/mol. The van der Waals surface area contributed by atoms with Crippen LogP contribution in [0.4, 0.5) is 0 Å². The zero-order valence-electron chi connectivity index (χ0n) is 11.6. The molecule has 0 spiro atoms. The fraction of sp³-hybridized carbons (Fsp3) is 0.333. The Morgan fingerprint density at radius 1 is 1.35 bits per heavy atom. The van der Waals surface area contributed by atoms with Gasteiger partial charge in [-0.15, -0.1) is 0 Å². The summed E-state index contributed by atoms with van der Waals surface area (Å²) in [6.45, 7) is 1.94. The lowest BCUT2D eigenvalue weighted by atomic mass is 10.3. The topological polar surface area (TPSA) is 56.2 Å². The van der Waals surface area contributed by atoms with Crippen molar-refractivity contribution in [3.63, 3.8) is 0 Å². The first-order chi connectivity index (χ1) is 9.67. The Kier molecular flexibility index (Phi) is 3.18. The van der Waals surface area contributed by atoms with Gasteiger partial charge in [0.15, 0.2) is 5.69 Å². The number of rotatable bonds is 4. The smallest absolute Gasteiger partial charge is 0.272 e. The van der Waals surface area contributed by atoms with Gasteiger partial charge in [0.05, 0.1) is 12.8 Å². The SMILES string of the molecule is COc1ccc(-n2nc(C(=O)NC3CC3)cc2C)cc1. The number of methoxy groups -OCH3 is 1. The quantitative estimate of drug-likeness (QED) is 0.926. The molecule has 0 radical (unpaired) electrons. The average Bonchev–Trinajstić information content (AvgIpc) is 3.19. The minimum Gasteiger partial charge on any atom is -0.497 e. The molecule has 0 unspecified atom stereocenters. The summed E-state index contributed by atoms with van der Waals surface area (Å²) < 4.78 is 6.90. The van der Waals surface area contributed by atoms with Crippen molar-refractivity contribution in [1.82, 2.24) is 15.1 Å². The highest BCUT2D eigenvalue weighted by Gasteiger charge is 2.25. The lowest BCUT2D eigenvalue weighted by Gasteiger charge is -2.05. The molecule has 1 amide bonds. The first-order valence-electron chi connectivity index (χ1n) is 6.69. The lowest BCUT2D eigenvalue weighted by Crippen LogP contribution is -2.25. The highest BCUT2D eigenvalue weighted by atomic mass is 16.5.